The van der Waals surface area contributed by atoms with Crippen LogP contribution in [0.3, 0.4) is 0 Å². The minimum atomic E-state index is -0.965. The SMILES string of the molecule is COC(C)(C)OC(=O)OCc1ccccc1. The van der Waals surface area contributed by atoms with Crippen LogP contribution < -0.4 is 0 Å². The molecule has 0 fully saturated rings. The fourth-order valence-corrected chi connectivity index (χ4v) is 0.988. The van der Waals surface area contributed by atoms with E-state index in [0.717, 1.165) is 5.56 Å². The Morgan fingerprint density at radius 1 is 1.25 bits per heavy atom. The van der Waals surface area contributed by atoms with Crippen LogP contribution in [-0.4, -0.2) is 19.1 Å². The zero-order chi connectivity index (χ0) is 12.0. The molecule has 1 aromatic rings. The lowest BCUT2D eigenvalue weighted by Gasteiger charge is -2.22. The Morgan fingerprint density at radius 2 is 1.88 bits per heavy atom. The summed E-state index contributed by atoms with van der Waals surface area (Å²) in [6, 6.07) is 9.39. The first-order chi connectivity index (χ1) is 7.53. The summed E-state index contributed by atoms with van der Waals surface area (Å²) in [4.78, 5) is 11.3. The molecular formula is C12H16O4. The lowest BCUT2D eigenvalue weighted by molar-refractivity contribution is -0.172. The zero-order valence-corrected chi connectivity index (χ0v) is 9.73. The second kappa shape index (κ2) is 5.51. The van der Waals surface area contributed by atoms with Crippen LogP contribution in [0.15, 0.2) is 30.3 Å². The Kier molecular flexibility index (Phi) is 4.31. The molecule has 0 radical (unpaired) electrons. The number of carbonyl (C=O) groups is 1. The van der Waals surface area contributed by atoms with Crippen LogP contribution in [0.25, 0.3) is 0 Å². The number of carbonyl (C=O) groups excluding carboxylic acids is 1. The molecule has 4 nitrogen and oxygen atoms in total. The highest BCUT2D eigenvalue weighted by atomic mass is 16.8. The van der Waals surface area contributed by atoms with Gasteiger partial charge in [0.25, 0.3) is 0 Å². The van der Waals surface area contributed by atoms with E-state index in [1.165, 1.54) is 7.11 Å². The van der Waals surface area contributed by atoms with Gasteiger partial charge in [0, 0.05) is 21.0 Å². The van der Waals surface area contributed by atoms with E-state index in [1.54, 1.807) is 13.8 Å². The van der Waals surface area contributed by atoms with Crippen molar-refractivity contribution in [1.29, 1.82) is 0 Å². The molecule has 0 aliphatic carbocycles. The third-order valence-electron chi connectivity index (χ3n) is 2.02. The van der Waals surface area contributed by atoms with E-state index in [1.807, 2.05) is 30.3 Å². The lowest BCUT2D eigenvalue weighted by Crippen LogP contribution is -2.30. The number of rotatable bonds is 4. The maximum atomic E-state index is 11.3. The molecule has 0 bridgehead atoms. The van der Waals surface area contributed by atoms with Crippen LogP contribution >= 0.6 is 0 Å². The number of ether oxygens (including phenoxy) is 3. The standard InChI is InChI=1S/C12H16O4/c1-12(2,14-3)16-11(13)15-9-10-7-5-4-6-8-10/h4-8H,9H2,1-3H3. The Morgan fingerprint density at radius 3 is 2.44 bits per heavy atom. The van der Waals surface area contributed by atoms with Crippen molar-refractivity contribution < 1.29 is 19.0 Å². The van der Waals surface area contributed by atoms with Crippen LogP contribution in [0, 0.1) is 0 Å². The van der Waals surface area contributed by atoms with Crippen LogP contribution in [0.4, 0.5) is 4.79 Å². The summed E-state index contributed by atoms with van der Waals surface area (Å²) in [5, 5.41) is 0. The fourth-order valence-electron chi connectivity index (χ4n) is 0.988. The molecule has 0 saturated heterocycles. The minimum absolute atomic E-state index is 0.194. The molecule has 0 aliphatic heterocycles. The smallest absolute Gasteiger partial charge is 0.429 e. The van der Waals surface area contributed by atoms with Crippen molar-refractivity contribution in [2.45, 2.75) is 26.2 Å². The van der Waals surface area contributed by atoms with Crippen molar-refractivity contribution in [3.63, 3.8) is 0 Å². The summed E-state index contributed by atoms with van der Waals surface area (Å²) >= 11 is 0. The molecule has 0 atom stereocenters. The first-order valence-corrected chi connectivity index (χ1v) is 4.98. The molecule has 1 aromatic carbocycles. The minimum Gasteiger partial charge on any atom is -0.429 e. The van der Waals surface area contributed by atoms with Gasteiger partial charge in [-0.15, -0.1) is 0 Å². The lowest BCUT2D eigenvalue weighted by atomic mass is 10.2. The van der Waals surface area contributed by atoms with Crippen molar-refractivity contribution in [1.82, 2.24) is 0 Å². The van der Waals surface area contributed by atoms with E-state index in [4.69, 9.17) is 14.2 Å². The molecule has 0 aromatic heterocycles. The highest BCUT2D eigenvalue weighted by molar-refractivity contribution is 5.60. The van der Waals surface area contributed by atoms with Gasteiger partial charge in [0.1, 0.15) is 6.61 Å². The van der Waals surface area contributed by atoms with Crippen LogP contribution in [0.2, 0.25) is 0 Å². The quantitative estimate of drug-likeness (QED) is 0.582. The third-order valence-corrected chi connectivity index (χ3v) is 2.02. The van der Waals surface area contributed by atoms with Gasteiger partial charge < -0.3 is 14.2 Å². The van der Waals surface area contributed by atoms with Gasteiger partial charge >= 0.3 is 6.16 Å². The van der Waals surface area contributed by atoms with E-state index in [-0.39, 0.29) is 6.61 Å². The van der Waals surface area contributed by atoms with Crippen molar-refractivity contribution in [3.8, 4) is 0 Å². The number of benzene rings is 1. The fraction of sp³-hybridized carbons (Fsp3) is 0.417. The van der Waals surface area contributed by atoms with Crippen LogP contribution in [0.5, 0.6) is 0 Å². The highest BCUT2D eigenvalue weighted by Crippen LogP contribution is 2.11. The monoisotopic (exact) mass is 224 g/mol. The van der Waals surface area contributed by atoms with Crippen molar-refractivity contribution in [3.05, 3.63) is 35.9 Å². The second-order valence-electron chi connectivity index (χ2n) is 3.73. The molecule has 0 N–H and O–H groups in total. The van der Waals surface area contributed by atoms with Crippen LogP contribution in [-0.2, 0) is 20.8 Å². The first kappa shape index (κ1) is 12.5. The molecule has 0 unspecified atom stereocenters. The Labute approximate surface area is 95.1 Å². The average Bonchev–Trinajstić information content (AvgIpc) is 2.27. The van der Waals surface area contributed by atoms with Gasteiger partial charge in [0.05, 0.1) is 0 Å². The molecule has 0 spiro atoms. The Hall–Kier alpha value is -1.55. The van der Waals surface area contributed by atoms with Crippen molar-refractivity contribution in [2.75, 3.05) is 7.11 Å². The van der Waals surface area contributed by atoms with E-state index in [2.05, 4.69) is 0 Å². The number of hydrogen-bond donors (Lipinski definition) is 0. The van der Waals surface area contributed by atoms with Crippen LogP contribution in [0.1, 0.15) is 19.4 Å². The van der Waals surface area contributed by atoms with Gasteiger partial charge in [-0.1, -0.05) is 30.3 Å². The molecule has 0 saturated carbocycles. The molecule has 0 aliphatic rings. The molecule has 16 heavy (non-hydrogen) atoms. The third kappa shape index (κ3) is 4.31. The van der Waals surface area contributed by atoms with Gasteiger partial charge in [-0.2, -0.15) is 0 Å². The van der Waals surface area contributed by atoms with E-state index < -0.39 is 11.9 Å². The van der Waals surface area contributed by atoms with E-state index in [0.29, 0.717) is 0 Å². The predicted molar refractivity (Wildman–Crippen MR) is 58.8 cm³/mol. The summed E-state index contributed by atoms with van der Waals surface area (Å²) < 4.78 is 14.8. The van der Waals surface area contributed by atoms with Gasteiger partial charge in [0.2, 0.25) is 5.79 Å². The summed E-state index contributed by atoms with van der Waals surface area (Å²) in [7, 11) is 1.46. The molecule has 0 amide bonds. The van der Waals surface area contributed by atoms with E-state index in [9.17, 15) is 4.79 Å². The maximum Gasteiger partial charge on any atom is 0.511 e. The van der Waals surface area contributed by atoms with E-state index >= 15 is 0 Å². The topological polar surface area (TPSA) is 44.8 Å². The molecule has 4 heteroatoms. The number of hydrogen-bond acceptors (Lipinski definition) is 4. The van der Waals surface area contributed by atoms with Crippen molar-refractivity contribution >= 4 is 6.16 Å². The van der Waals surface area contributed by atoms with Crippen molar-refractivity contribution in [2.24, 2.45) is 0 Å². The van der Waals surface area contributed by atoms with Gasteiger partial charge in [-0.25, -0.2) is 4.79 Å². The Balaban J connectivity index is 2.36. The number of methoxy groups -OCH3 is 1. The average molecular weight is 224 g/mol. The zero-order valence-electron chi connectivity index (χ0n) is 9.73. The molecule has 1 rings (SSSR count). The van der Waals surface area contributed by atoms with Gasteiger partial charge in [-0.05, 0) is 5.56 Å². The highest BCUT2D eigenvalue weighted by Gasteiger charge is 2.22. The normalized spacial score (nSPS) is 10.9. The molecular weight excluding hydrogens is 208 g/mol. The molecule has 0 heterocycles. The van der Waals surface area contributed by atoms with Gasteiger partial charge in [-0.3, -0.25) is 0 Å². The van der Waals surface area contributed by atoms with Gasteiger partial charge in [0.15, 0.2) is 0 Å². The predicted octanol–water partition coefficient (Wildman–Crippen LogP) is 2.72. The second-order valence-corrected chi connectivity index (χ2v) is 3.73. The Bertz CT molecular complexity index is 332. The molecule has 88 valence electrons. The largest absolute Gasteiger partial charge is 0.511 e. The maximum absolute atomic E-state index is 11.3. The summed E-state index contributed by atoms with van der Waals surface area (Å²) in [6.45, 7) is 3.47. The summed E-state index contributed by atoms with van der Waals surface area (Å²) in [6.07, 6.45) is -0.740. The summed E-state index contributed by atoms with van der Waals surface area (Å²) in [5.74, 6) is -0.965. The summed E-state index contributed by atoms with van der Waals surface area (Å²) in [5.41, 5.74) is 0.912. The first-order valence-electron chi connectivity index (χ1n) is 4.98.